The molecule has 1 aromatic carbocycles. The predicted molar refractivity (Wildman–Crippen MR) is 120 cm³/mol. The molecule has 0 spiro atoms. The fourth-order valence-corrected chi connectivity index (χ4v) is 4.95. The SMILES string of the molecule is COc1cc(/C=c2/sc3nc([C@@H]4[C@H](C=C(Cl)Cl)C4(C)C)nn3c2=O)ccc1OC(C)=O. The topological polar surface area (TPSA) is 82.8 Å². The van der Waals surface area contributed by atoms with Crippen molar-refractivity contribution in [3.05, 3.63) is 55.0 Å². The van der Waals surface area contributed by atoms with Gasteiger partial charge < -0.3 is 9.47 Å². The average molecular weight is 480 g/mol. The Balaban J connectivity index is 1.68. The minimum atomic E-state index is -0.442. The molecule has 7 nitrogen and oxygen atoms in total. The zero-order valence-electron chi connectivity index (χ0n) is 17.2. The Labute approximate surface area is 191 Å². The van der Waals surface area contributed by atoms with Crippen molar-refractivity contribution >= 4 is 51.5 Å². The fourth-order valence-electron chi connectivity index (χ4n) is 3.76. The standard InChI is InChI=1S/C21H19Cl2N3O4S/c1-10(27)30-13-6-5-11(7-14(13)29-4)8-15-19(28)26-20(31-15)24-18(25-26)17-12(9-16(22)23)21(17,2)3/h5-9,12,17H,1-4H3/b15-8+/t12-,17-/m0/s1. The van der Waals surface area contributed by atoms with Crippen molar-refractivity contribution in [3.8, 4) is 11.5 Å². The number of carbonyl (C=O) groups is 1. The Morgan fingerprint density at radius 3 is 2.65 bits per heavy atom. The summed E-state index contributed by atoms with van der Waals surface area (Å²) in [7, 11) is 1.48. The minimum Gasteiger partial charge on any atom is -0.493 e. The number of halogens is 2. The molecule has 1 fully saturated rings. The van der Waals surface area contributed by atoms with E-state index in [1.54, 1.807) is 30.4 Å². The highest BCUT2D eigenvalue weighted by atomic mass is 35.5. The first-order valence-electron chi connectivity index (χ1n) is 9.42. The molecule has 0 unspecified atom stereocenters. The van der Waals surface area contributed by atoms with Crippen molar-refractivity contribution in [2.45, 2.75) is 26.7 Å². The first kappa shape index (κ1) is 21.8. The van der Waals surface area contributed by atoms with E-state index in [-0.39, 0.29) is 27.3 Å². The van der Waals surface area contributed by atoms with E-state index >= 15 is 0 Å². The van der Waals surface area contributed by atoms with Gasteiger partial charge in [0.15, 0.2) is 17.3 Å². The van der Waals surface area contributed by atoms with Crippen molar-refractivity contribution in [2.75, 3.05) is 7.11 Å². The van der Waals surface area contributed by atoms with Gasteiger partial charge in [-0.05, 0) is 41.2 Å². The van der Waals surface area contributed by atoms with Crippen molar-refractivity contribution in [2.24, 2.45) is 11.3 Å². The molecule has 4 rings (SSSR count). The smallest absolute Gasteiger partial charge is 0.308 e. The van der Waals surface area contributed by atoms with E-state index in [1.165, 1.54) is 29.9 Å². The lowest BCUT2D eigenvalue weighted by Gasteiger charge is -2.08. The number of nitrogens with zero attached hydrogens (tertiary/aromatic N) is 3. The second-order valence-corrected chi connectivity index (χ2v) is 9.88. The Kier molecular flexibility index (Phi) is 5.57. The summed E-state index contributed by atoms with van der Waals surface area (Å²) < 4.78 is 12.4. The lowest BCUT2D eigenvalue weighted by Crippen LogP contribution is -2.23. The summed E-state index contributed by atoms with van der Waals surface area (Å²) in [5, 5.41) is 4.46. The van der Waals surface area contributed by atoms with Gasteiger partial charge in [0.05, 0.1) is 11.6 Å². The third-order valence-corrected chi connectivity index (χ3v) is 6.64. The molecule has 2 heterocycles. The molecule has 0 aliphatic heterocycles. The maximum absolute atomic E-state index is 12.9. The third kappa shape index (κ3) is 4.07. The number of ether oxygens (including phenoxy) is 2. The van der Waals surface area contributed by atoms with E-state index in [0.29, 0.717) is 26.8 Å². The summed E-state index contributed by atoms with van der Waals surface area (Å²) in [6.45, 7) is 5.50. The van der Waals surface area contributed by atoms with Crippen molar-refractivity contribution in [3.63, 3.8) is 0 Å². The van der Waals surface area contributed by atoms with Crippen LogP contribution < -0.4 is 19.6 Å². The Bertz CT molecular complexity index is 1320. The van der Waals surface area contributed by atoms with E-state index in [1.807, 2.05) is 0 Å². The highest BCUT2D eigenvalue weighted by molar-refractivity contribution is 7.15. The van der Waals surface area contributed by atoms with E-state index < -0.39 is 5.97 Å². The van der Waals surface area contributed by atoms with Gasteiger partial charge >= 0.3 is 5.97 Å². The van der Waals surface area contributed by atoms with Gasteiger partial charge in [-0.25, -0.2) is 4.98 Å². The summed E-state index contributed by atoms with van der Waals surface area (Å²) in [4.78, 5) is 29.2. The predicted octanol–water partition coefficient (Wildman–Crippen LogP) is 3.69. The number of hydrogen-bond donors (Lipinski definition) is 0. The number of esters is 1. The largest absolute Gasteiger partial charge is 0.493 e. The average Bonchev–Trinajstić information content (AvgIpc) is 2.95. The molecule has 0 radical (unpaired) electrons. The Hall–Kier alpha value is -2.42. The molecule has 31 heavy (non-hydrogen) atoms. The van der Waals surface area contributed by atoms with Crippen LogP contribution in [0.25, 0.3) is 11.0 Å². The highest BCUT2D eigenvalue weighted by Gasteiger charge is 2.59. The molecule has 0 amide bonds. The van der Waals surface area contributed by atoms with Gasteiger partial charge in [0.25, 0.3) is 5.56 Å². The number of benzene rings is 1. The number of thiazole rings is 1. The van der Waals surface area contributed by atoms with Crippen LogP contribution in [0.15, 0.2) is 33.6 Å². The third-order valence-electron chi connectivity index (χ3n) is 5.43. The molecular weight excluding hydrogens is 461 g/mol. The lowest BCUT2D eigenvalue weighted by molar-refractivity contribution is -0.132. The quantitative estimate of drug-likeness (QED) is 0.409. The summed E-state index contributed by atoms with van der Waals surface area (Å²) >= 11 is 12.9. The van der Waals surface area contributed by atoms with Gasteiger partial charge in [0.1, 0.15) is 4.49 Å². The summed E-state index contributed by atoms with van der Waals surface area (Å²) in [5.41, 5.74) is 0.396. The second-order valence-electron chi connectivity index (χ2n) is 7.87. The van der Waals surface area contributed by atoms with Gasteiger partial charge in [0, 0.05) is 12.8 Å². The van der Waals surface area contributed by atoms with Crippen molar-refractivity contribution in [1.29, 1.82) is 0 Å². The van der Waals surface area contributed by atoms with Crippen LogP contribution in [-0.2, 0) is 4.79 Å². The van der Waals surface area contributed by atoms with E-state index in [0.717, 1.165) is 5.56 Å². The van der Waals surface area contributed by atoms with Gasteiger partial charge in [-0.15, -0.1) is 5.10 Å². The number of carbonyl (C=O) groups excluding carboxylic acids is 1. The van der Waals surface area contributed by atoms with Crippen LogP contribution in [0, 0.1) is 11.3 Å². The van der Waals surface area contributed by atoms with Gasteiger partial charge in [-0.1, -0.05) is 54.5 Å². The highest BCUT2D eigenvalue weighted by Crippen LogP contribution is 2.64. The number of aromatic nitrogens is 3. The summed E-state index contributed by atoms with van der Waals surface area (Å²) in [6.07, 6.45) is 3.52. The monoisotopic (exact) mass is 479 g/mol. The molecule has 3 aromatic rings. The van der Waals surface area contributed by atoms with Crippen molar-refractivity contribution in [1.82, 2.24) is 14.6 Å². The molecule has 1 aliphatic rings. The normalized spacial score (nSPS) is 20.0. The summed E-state index contributed by atoms with van der Waals surface area (Å²) in [5.74, 6) is 1.06. The molecule has 0 saturated heterocycles. The molecular formula is C21H19Cl2N3O4S. The first-order chi connectivity index (χ1) is 14.6. The molecule has 2 aromatic heterocycles. The van der Waals surface area contributed by atoms with Crippen LogP contribution in [0.5, 0.6) is 11.5 Å². The van der Waals surface area contributed by atoms with E-state index in [9.17, 15) is 9.59 Å². The maximum atomic E-state index is 12.9. The Morgan fingerprint density at radius 1 is 1.29 bits per heavy atom. The van der Waals surface area contributed by atoms with Crippen LogP contribution in [0.2, 0.25) is 0 Å². The van der Waals surface area contributed by atoms with Crippen LogP contribution in [0.3, 0.4) is 0 Å². The molecule has 1 aliphatic carbocycles. The minimum absolute atomic E-state index is 0.0528. The summed E-state index contributed by atoms with van der Waals surface area (Å²) in [6, 6.07) is 5.05. The first-order valence-corrected chi connectivity index (χ1v) is 11.0. The number of allylic oxidation sites excluding steroid dienone is 1. The molecule has 162 valence electrons. The molecule has 0 bridgehead atoms. The van der Waals surface area contributed by atoms with Gasteiger partial charge in [0.2, 0.25) is 4.96 Å². The zero-order valence-corrected chi connectivity index (χ0v) is 19.5. The maximum Gasteiger partial charge on any atom is 0.308 e. The lowest BCUT2D eigenvalue weighted by atomic mass is 10.1. The van der Waals surface area contributed by atoms with E-state index in [4.69, 9.17) is 32.7 Å². The number of fused-ring (bicyclic) bond motifs is 1. The van der Waals surface area contributed by atoms with Crippen LogP contribution in [0.1, 0.15) is 38.1 Å². The molecule has 0 N–H and O–H groups in total. The fraction of sp³-hybridized carbons (Fsp3) is 0.333. The van der Waals surface area contributed by atoms with Crippen LogP contribution >= 0.6 is 34.5 Å². The second kappa shape index (κ2) is 7.93. The number of methoxy groups -OCH3 is 1. The molecule has 2 atom stereocenters. The van der Waals surface area contributed by atoms with Crippen molar-refractivity contribution < 1.29 is 14.3 Å². The van der Waals surface area contributed by atoms with Gasteiger partial charge in [-0.3, -0.25) is 9.59 Å². The molecule has 1 saturated carbocycles. The van der Waals surface area contributed by atoms with Crippen LogP contribution in [0.4, 0.5) is 0 Å². The van der Waals surface area contributed by atoms with E-state index in [2.05, 4.69) is 23.9 Å². The number of hydrogen-bond acceptors (Lipinski definition) is 7. The van der Waals surface area contributed by atoms with Crippen LogP contribution in [-0.4, -0.2) is 27.7 Å². The molecule has 10 heteroatoms. The Morgan fingerprint density at radius 2 is 2.03 bits per heavy atom. The number of rotatable bonds is 5. The zero-order chi connectivity index (χ0) is 22.5. The van der Waals surface area contributed by atoms with Gasteiger partial charge in [-0.2, -0.15) is 4.52 Å².